The molecule has 0 unspecified atom stereocenters. The molecule has 0 atom stereocenters. The van der Waals surface area contributed by atoms with E-state index in [0.29, 0.717) is 16.8 Å². The minimum absolute atomic E-state index is 0.0479. The summed E-state index contributed by atoms with van der Waals surface area (Å²) >= 11 is 0. The van der Waals surface area contributed by atoms with Crippen LogP contribution in [0.3, 0.4) is 0 Å². The Morgan fingerprint density at radius 2 is 1.40 bits per heavy atom. The lowest BCUT2D eigenvalue weighted by atomic mass is 10.1. The maximum atomic E-state index is 12.9. The number of nitrogens with one attached hydrogen (secondary N) is 1. The van der Waals surface area contributed by atoms with E-state index in [0.717, 1.165) is 10.6 Å². The first-order valence-corrected chi connectivity index (χ1v) is 10.6. The molecular weight excluding hydrogens is 402 g/mol. The molecule has 1 aliphatic rings. The van der Waals surface area contributed by atoms with E-state index in [-0.39, 0.29) is 10.6 Å². The van der Waals surface area contributed by atoms with Gasteiger partial charge in [0.2, 0.25) is 0 Å². The molecule has 152 valence electrons. The van der Waals surface area contributed by atoms with Crippen LogP contribution in [0.5, 0.6) is 0 Å². The number of hydrogen-bond donors (Lipinski definition) is 1. The van der Waals surface area contributed by atoms with Crippen molar-refractivity contribution in [2.75, 3.05) is 28.6 Å². The number of carbonyl (C=O) groups is 2. The van der Waals surface area contributed by atoms with Crippen LogP contribution >= 0.6 is 0 Å². The zero-order chi connectivity index (χ0) is 21.5. The molecule has 4 rings (SSSR count). The lowest BCUT2D eigenvalue weighted by molar-refractivity contribution is 0.0926. The molecule has 1 heterocycles. The van der Waals surface area contributed by atoms with Gasteiger partial charge in [0, 0.05) is 25.5 Å². The van der Waals surface area contributed by atoms with E-state index in [1.165, 1.54) is 24.3 Å². The molecule has 0 saturated carbocycles. The monoisotopic (exact) mass is 421 g/mol. The van der Waals surface area contributed by atoms with Crippen molar-refractivity contribution in [2.45, 2.75) is 4.90 Å². The Morgan fingerprint density at radius 3 is 1.97 bits per heavy atom. The summed E-state index contributed by atoms with van der Waals surface area (Å²) in [6.07, 6.45) is 0. The molecule has 0 aromatic heterocycles. The summed E-state index contributed by atoms with van der Waals surface area (Å²) in [6, 6.07) is 19.2. The highest BCUT2D eigenvalue weighted by atomic mass is 32.2. The zero-order valence-corrected chi connectivity index (χ0v) is 17.2. The smallest absolute Gasteiger partial charge is 0.266 e. The normalized spacial score (nSPS) is 13.3. The van der Waals surface area contributed by atoms with E-state index in [9.17, 15) is 18.0 Å². The molecule has 3 aromatic rings. The number of rotatable bonds is 5. The van der Waals surface area contributed by atoms with Gasteiger partial charge in [0.1, 0.15) is 0 Å². The largest absolute Gasteiger partial charge is 0.378 e. The molecular formula is C22H19N3O4S. The molecule has 2 amide bonds. The average Bonchev–Trinajstić information content (AvgIpc) is 2.99. The number of nitrogens with zero attached hydrogens (tertiary/aromatic N) is 2. The Labute approximate surface area is 174 Å². The first-order valence-electron chi connectivity index (χ1n) is 9.16. The van der Waals surface area contributed by atoms with Crippen LogP contribution in [0.1, 0.15) is 20.7 Å². The fraction of sp³-hybridized carbons (Fsp3) is 0.0909. The van der Waals surface area contributed by atoms with Gasteiger partial charge in [-0.05, 0) is 54.6 Å². The Hall–Kier alpha value is -3.65. The third-order valence-electron chi connectivity index (χ3n) is 4.82. The van der Waals surface area contributed by atoms with Gasteiger partial charge in [-0.1, -0.05) is 18.2 Å². The fourth-order valence-electron chi connectivity index (χ4n) is 3.26. The predicted octanol–water partition coefficient (Wildman–Crippen LogP) is 3.35. The molecule has 0 saturated heterocycles. The Kier molecular flexibility index (Phi) is 4.79. The topological polar surface area (TPSA) is 86.8 Å². The van der Waals surface area contributed by atoms with Gasteiger partial charge in [-0.2, -0.15) is 0 Å². The molecule has 0 aliphatic carbocycles. The standard InChI is InChI=1S/C22H19N3O4S/c1-24(2)16-12-10-15(11-13-16)23-30(28,29)18-7-5-6-17(14-18)25-21(26)19-8-3-4-9-20(19)22(25)27/h3-14,23H,1-2H3. The summed E-state index contributed by atoms with van der Waals surface area (Å²) in [5.41, 5.74) is 2.15. The first-order chi connectivity index (χ1) is 14.3. The van der Waals surface area contributed by atoms with Crippen LogP contribution in [0.2, 0.25) is 0 Å². The summed E-state index contributed by atoms with van der Waals surface area (Å²) in [4.78, 5) is 28.2. The van der Waals surface area contributed by atoms with Gasteiger partial charge in [-0.25, -0.2) is 13.3 Å². The van der Waals surface area contributed by atoms with Crippen molar-refractivity contribution in [3.05, 3.63) is 83.9 Å². The van der Waals surface area contributed by atoms with Crippen molar-refractivity contribution >= 4 is 38.9 Å². The SMILES string of the molecule is CN(C)c1ccc(NS(=O)(=O)c2cccc(N3C(=O)c4ccccc4C3=O)c2)cc1. The summed E-state index contributed by atoms with van der Waals surface area (Å²) in [7, 11) is -0.128. The van der Waals surface area contributed by atoms with Gasteiger partial charge >= 0.3 is 0 Å². The molecule has 0 fully saturated rings. The zero-order valence-electron chi connectivity index (χ0n) is 16.4. The van der Waals surface area contributed by atoms with Crippen molar-refractivity contribution < 1.29 is 18.0 Å². The highest BCUT2D eigenvalue weighted by molar-refractivity contribution is 7.92. The maximum absolute atomic E-state index is 12.9. The maximum Gasteiger partial charge on any atom is 0.266 e. The van der Waals surface area contributed by atoms with E-state index in [1.807, 2.05) is 19.0 Å². The van der Waals surface area contributed by atoms with E-state index in [4.69, 9.17) is 0 Å². The van der Waals surface area contributed by atoms with Crippen LogP contribution in [0.25, 0.3) is 0 Å². The second-order valence-electron chi connectivity index (χ2n) is 7.04. The number of fused-ring (bicyclic) bond motifs is 1. The van der Waals surface area contributed by atoms with Crippen LogP contribution in [0.15, 0.2) is 77.7 Å². The number of anilines is 3. The van der Waals surface area contributed by atoms with E-state index < -0.39 is 21.8 Å². The first kappa shape index (κ1) is 19.7. The Morgan fingerprint density at radius 1 is 0.800 bits per heavy atom. The van der Waals surface area contributed by atoms with Crippen LogP contribution in [-0.2, 0) is 10.0 Å². The van der Waals surface area contributed by atoms with Crippen molar-refractivity contribution in [1.82, 2.24) is 0 Å². The molecule has 0 radical (unpaired) electrons. The molecule has 1 N–H and O–H groups in total. The molecule has 7 nitrogen and oxygen atoms in total. The second-order valence-corrected chi connectivity index (χ2v) is 8.72. The van der Waals surface area contributed by atoms with Gasteiger partial charge in [-0.3, -0.25) is 14.3 Å². The van der Waals surface area contributed by atoms with E-state index in [1.54, 1.807) is 48.5 Å². The number of benzene rings is 3. The predicted molar refractivity (Wildman–Crippen MR) is 116 cm³/mol. The summed E-state index contributed by atoms with van der Waals surface area (Å²) in [6.45, 7) is 0. The van der Waals surface area contributed by atoms with Gasteiger partial charge in [-0.15, -0.1) is 0 Å². The number of carbonyl (C=O) groups excluding carboxylic acids is 2. The third kappa shape index (κ3) is 3.42. The van der Waals surface area contributed by atoms with Crippen molar-refractivity contribution in [3.8, 4) is 0 Å². The average molecular weight is 421 g/mol. The number of imide groups is 1. The number of sulfonamides is 1. The minimum atomic E-state index is -3.91. The molecule has 0 bridgehead atoms. The Balaban J connectivity index is 1.63. The van der Waals surface area contributed by atoms with E-state index in [2.05, 4.69) is 4.72 Å². The number of amides is 2. The minimum Gasteiger partial charge on any atom is -0.378 e. The van der Waals surface area contributed by atoms with Gasteiger partial charge in [0.05, 0.1) is 21.7 Å². The summed E-state index contributed by atoms with van der Waals surface area (Å²) in [5.74, 6) is -0.949. The Bertz CT molecular complexity index is 1220. The molecule has 1 aliphatic heterocycles. The number of hydrogen-bond acceptors (Lipinski definition) is 5. The highest BCUT2D eigenvalue weighted by Crippen LogP contribution is 2.30. The van der Waals surface area contributed by atoms with Crippen LogP contribution in [-0.4, -0.2) is 34.3 Å². The van der Waals surface area contributed by atoms with E-state index >= 15 is 0 Å². The molecule has 8 heteroatoms. The van der Waals surface area contributed by atoms with Crippen LogP contribution in [0.4, 0.5) is 17.1 Å². The summed E-state index contributed by atoms with van der Waals surface area (Å²) < 4.78 is 28.2. The van der Waals surface area contributed by atoms with Crippen molar-refractivity contribution in [3.63, 3.8) is 0 Å². The third-order valence-corrected chi connectivity index (χ3v) is 6.20. The fourth-order valence-corrected chi connectivity index (χ4v) is 4.35. The lowest BCUT2D eigenvalue weighted by Gasteiger charge is -2.16. The van der Waals surface area contributed by atoms with Crippen LogP contribution < -0.4 is 14.5 Å². The van der Waals surface area contributed by atoms with Crippen LogP contribution in [0, 0.1) is 0 Å². The molecule has 3 aromatic carbocycles. The lowest BCUT2D eigenvalue weighted by Crippen LogP contribution is -2.29. The quantitative estimate of drug-likeness (QED) is 0.639. The van der Waals surface area contributed by atoms with Crippen molar-refractivity contribution in [1.29, 1.82) is 0 Å². The molecule has 0 spiro atoms. The van der Waals surface area contributed by atoms with Gasteiger partial charge in [0.25, 0.3) is 21.8 Å². The highest BCUT2D eigenvalue weighted by Gasteiger charge is 2.36. The molecule has 30 heavy (non-hydrogen) atoms. The summed E-state index contributed by atoms with van der Waals surface area (Å²) in [5, 5.41) is 0. The van der Waals surface area contributed by atoms with Gasteiger partial charge in [0.15, 0.2) is 0 Å². The van der Waals surface area contributed by atoms with Crippen molar-refractivity contribution in [2.24, 2.45) is 0 Å². The van der Waals surface area contributed by atoms with Gasteiger partial charge < -0.3 is 4.90 Å². The second kappa shape index (κ2) is 7.31.